The average Bonchev–Trinajstić information content (AvgIpc) is 2.50. The van der Waals surface area contributed by atoms with Crippen molar-refractivity contribution in [2.45, 2.75) is 32.5 Å². The highest BCUT2D eigenvalue weighted by atomic mass is 15.2. The third-order valence-corrected chi connectivity index (χ3v) is 4.20. The summed E-state index contributed by atoms with van der Waals surface area (Å²) in [7, 11) is 4.23. The highest BCUT2D eigenvalue weighted by molar-refractivity contribution is 5.25. The Bertz CT molecular complexity index is 533. The van der Waals surface area contributed by atoms with Crippen LogP contribution < -0.4 is 5.32 Å². The summed E-state index contributed by atoms with van der Waals surface area (Å²) < 4.78 is 0. The molecule has 112 valence electrons. The molecule has 2 nitrogen and oxygen atoms in total. The molecule has 2 aromatic carbocycles. The maximum Gasteiger partial charge on any atom is 0.0473 e. The molecule has 0 saturated carbocycles. The van der Waals surface area contributed by atoms with Gasteiger partial charge in [-0.25, -0.2) is 0 Å². The number of hydrogen-bond acceptors (Lipinski definition) is 2. The number of hydrogen-bond donors (Lipinski definition) is 1. The molecule has 2 rings (SSSR count). The summed E-state index contributed by atoms with van der Waals surface area (Å²) in [5, 5.41) is 3.46. The molecule has 2 heteroatoms. The number of nitrogens with zero attached hydrogens (tertiary/aromatic N) is 1. The topological polar surface area (TPSA) is 15.3 Å². The van der Waals surface area contributed by atoms with Gasteiger partial charge in [0.1, 0.15) is 0 Å². The van der Waals surface area contributed by atoms with Crippen LogP contribution in [-0.2, 0) is 6.54 Å². The minimum Gasteiger partial charge on any atom is -0.312 e. The van der Waals surface area contributed by atoms with E-state index in [2.05, 4.69) is 85.7 Å². The van der Waals surface area contributed by atoms with Gasteiger partial charge in [-0.05, 0) is 39.1 Å². The van der Waals surface area contributed by atoms with Crippen LogP contribution in [0.25, 0.3) is 0 Å². The molecule has 0 saturated heterocycles. The highest BCUT2D eigenvalue weighted by Crippen LogP contribution is 2.21. The molecule has 0 heterocycles. The van der Waals surface area contributed by atoms with E-state index < -0.39 is 0 Å². The molecular formula is C19H26N2. The Labute approximate surface area is 128 Å². The number of likely N-dealkylation sites (N-methyl/N-ethyl adjacent to an activating group) is 2. The Hall–Kier alpha value is -1.64. The van der Waals surface area contributed by atoms with Crippen LogP contribution in [0.2, 0.25) is 0 Å². The van der Waals surface area contributed by atoms with E-state index in [0.29, 0.717) is 12.1 Å². The molecular weight excluding hydrogens is 256 g/mol. The van der Waals surface area contributed by atoms with Gasteiger partial charge in [-0.1, -0.05) is 60.2 Å². The van der Waals surface area contributed by atoms with Crippen molar-refractivity contribution in [3.63, 3.8) is 0 Å². The normalized spacial score (nSPS) is 14.1. The first kappa shape index (κ1) is 15.7. The van der Waals surface area contributed by atoms with Crippen LogP contribution in [0.5, 0.6) is 0 Å². The van der Waals surface area contributed by atoms with Crippen molar-refractivity contribution in [1.82, 2.24) is 10.2 Å². The van der Waals surface area contributed by atoms with Crippen molar-refractivity contribution in [3.05, 3.63) is 71.3 Å². The smallest absolute Gasteiger partial charge is 0.0473 e. The quantitative estimate of drug-likeness (QED) is 0.867. The minimum atomic E-state index is 0.333. The molecule has 0 spiro atoms. The number of aryl methyl sites for hydroxylation is 1. The van der Waals surface area contributed by atoms with Gasteiger partial charge in [0.15, 0.2) is 0 Å². The molecule has 2 atom stereocenters. The van der Waals surface area contributed by atoms with Crippen LogP contribution in [-0.4, -0.2) is 25.0 Å². The predicted octanol–water partition coefficient (Wildman–Crippen LogP) is 3.78. The minimum absolute atomic E-state index is 0.333. The Balaban J connectivity index is 2.08. The molecule has 0 aliphatic heterocycles. The summed E-state index contributed by atoms with van der Waals surface area (Å²) in [6.07, 6.45) is 0. The molecule has 0 radical (unpaired) electrons. The molecule has 0 bridgehead atoms. The zero-order valence-electron chi connectivity index (χ0n) is 13.5. The average molecular weight is 282 g/mol. The lowest BCUT2D eigenvalue weighted by Crippen LogP contribution is -2.39. The SMILES string of the molecule is CNC(c1ccc(C)cc1)C(C)N(C)Cc1ccccc1. The van der Waals surface area contributed by atoms with E-state index in [-0.39, 0.29) is 0 Å². The standard InChI is InChI=1S/C19H26N2/c1-15-10-12-18(13-11-15)19(20-3)16(2)21(4)14-17-8-6-5-7-9-17/h5-13,16,19-20H,14H2,1-4H3. The maximum absolute atomic E-state index is 3.46. The van der Waals surface area contributed by atoms with Gasteiger partial charge < -0.3 is 5.32 Å². The van der Waals surface area contributed by atoms with E-state index in [1.807, 2.05) is 7.05 Å². The Morgan fingerprint density at radius 2 is 1.62 bits per heavy atom. The van der Waals surface area contributed by atoms with E-state index >= 15 is 0 Å². The molecule has 21 heavy (non-hydrogen) atoms. The monoisotopic (exact) mass is 282 g/mol. The first-order chi connectivity index (χ1) is 10.1. The zero-order valence-corrected chi connectivity index (χ0v) is 13.5. The van der Waals surface area contributed by atoms with Crippen LogP contribution in [0.3, 0.4) is 0 Å². The molecule has 0 aliphatic carbocycles. The lowest BCUT2D eigenvalue weighted by molar-refractivity contribution is 0.204. The lowest BCUT2D eigenvalue weighted by atomic mass is 9.98. The number of benzene rings is 2. The van der Waals surface area contributed by atoms with E-state index in [4.69, 9.17) is 0 Å². The first-order valence-electron chi connectivity index (χ1n) is 7.60. The highest BCUT2D eigenvalue weighted by Gasteiger charge is 2.21. The van der Waals surface area contributed by atoms with Crippen molar-refractivity contribution in [1.29, 1.82) is 0 Å². The summed E-state index contributed by atoms with van der Waals surface area (Å²) in [6, 6.07) is 20.2. The third-order valence-electron chi connectivity index (χ3n) is 4.20. The zero-order chi connectivity index (χ0) is 15.2. The number of nitrogens with one attached hydrogen (secondary N) is 1. The van der Waals surface area contributed by atoms with Gasteiger partial charge in [0.25, 0.3) is 0 Å². The summed E-state index contributed by atoms with van der Waals surface area (Å²) in [6.45, 7) is 5.37. The molecule has 0 aromatic heterocycles. The van der Waals surface area contributed by atoms with Crippen molar-refractivity contribution < 1.29 is 0 Å². The van der Waals surface area contributed by atoms with Gasteiger partial charge in [-0.15, -0.1) is 0 Å². The third kappa shape index (κ3) is 4.16. The van der Waals surface area contributed by atoms with Crippen molar-refractivity contribution in [2.75, 3.05) is 14.1 Å². The molecule has 1 N–H and O–H groups in total. The second-order valence-corrected chi connectivity index (χ2v) is 5.82. The van der Waals surface area contributed by atoms with E-state index in [1.165, 1.54) is 16.7 Å². The van der Waals surface area contributed by atoms with Gasteiger partial charge in [-0.2, -0.15) is 0 Å². The summed E-state index contributed by atoms with van der Waals surface area (Å²) in [5.41, 5.74) is 4.00. The van der Waals surface area contributed by atoms with Crippen LogP contribution in [0.1, 0.15) is 29.7 Å². The van der Waals surface area contributed by atoms with Gasteiger partial charge in [0.05, 0.1) is 0 Å². The largest absolute Gasteiger partial charge is 0.312 e. The van der Waals surface area contributed by atoms with Gasteiger partial charge in [-0.3, -0.25) is 4.90 Å². The van der Waals surface area contributed by atoms with Gasteiger partial charge in [0, 0.05) is 18.6 Å². The second-order valence-electron chi connectivity index (χ2n) is 5.82. The second kappa shape index (κ2) is 7.39. The lowest BCUT2D eigenvalue weighted by Gasteiger charge is -2.32. The van der Waals surface area contributed by atoms with Crippen LogP contribution in [0, 0.1) is 6.92 Å². The van der Waals surface area contributed by atoms with Crippen molar-refractivity contribution >= 4 is 0 Å². The first-order valence-corrected chi connectivity index (χ1v) is 7.60. The van der Waals surface area contributed by atoms with E-state index in [0.717, 1.165) is 6.54 Å². The Morgan fingerprint density at radius 3 is 2.19 bits per heavy atom. The van der Waals surface area contributed by atoms with Crippen LogP contribution in [0.15, 0.2) is 54.6 Å². The van der Waals surface area contributed by atoms with E-state index in [1.54, 1.807) is 0 Å². The van der Waals surface area contributed by atoms with Crippen LogP contribution in [0.4, 0.5) is 0 Å². The van der Waals surface area contributed by atoms with Gasteiger partial charge >= 0.3 is 0 Å². The predicted molar refractivity (Wildman–Crippen MR) is 90.4 cm³/mol. The maximum atomic E-state index is 3.46. The number of rotatable bonds is 6. The molecule has 2 unspecified atom stereocenters. The molecule has 0 fully saturated rings. The summed E-state index contributed by atoms with van der Waals surface area (Å²) >= 11 is 0. The fourth-order valence-corrected chi connectivity index (χ4v) is 2.73. The van der Waals surface area contributed by atoms with E-state index in [9.17, 15) is 0 Å². The van der Waals surface area contributed by atoms with Crippen molar-refractivity contribution in [2.24, 2.45) is 0 Å². The molecule has 0 aliphatic rings. The molecule has 0 amide bonds. The Kier molecular flexibility index (Phi) is 5.54. The summed E-state index contributed by atoms with van der Waals surface area (Å²) in [5.74, 6) is 0. The van der Waals surface area contributed by atoms with Crippen LogP contribution >= 0.6 is 0 Å². The fraction of sp³-hybridized carbons (Fsp3) is 0.368. The molecule has 2 aromatic rings. The Morgan fingerprint density at radius 1 is 1.00 bits per heavy atom. The van der Waals surface area contributed by atoms with Gasteiger partial charge in [0.2, 0.25) is 0 Å². The fourth-order valence-electron chi connectivity index (χ4n) is 2.73. The van der Waals surface area contributed by atoms with Crippen molar-refractivity contribution in [3.8, 4) is 0 Å². The summed E-state index contributed by atoms with van der Waals surface area (Å²) in [4.78, 5) is 2.40.